The summed E-state index contributed by atoms with van der Waals surface area (Å²) >= 11 is 0. The van der Waals surface area contributed by atoms with Gasteiger partial charge in [0.15, 0.2) is 17.3 Å². The highest BCUT2D eigenvalue weighted by Gasteiger charge is 2.27. The number of aromatic nitrogens is 2. The summed E-state index contributed by atoms with van der Waals surface area (Å²) in [6.07, 6.45) is 2.21. The molecule has 0 radical (unpaired) electrons. The first-order valence-corrected chi connectivity index (χ1v) is 8.67. The molecule has 2 aliphatic rings. The zero-order chi connectivity index (χ0) is 18.1. The van der Waals surface area contributed by atoms with Crippen molar-refractivity contribution in [2.45, 2.75) is 25.4 Å². The average molecular weight is 363 g/mol. The third-order valence-electron chi connectivity index (χ3n) is 4.67. The number of fused-ring (bicyclic) bond motifs is 1. The molecule has 1 atom stereocenters. The molecule has 6 nitrogen and oxygen atoms in total. The van der Waals surface area contributed by atoms with Gasteiger partial charge in [0.05, 0.1) is 31.6 Å². The summed E-state index contributed by atoms with van der Waals surface area (Å²) in [5, 5.41) is 7.21. The maximum absolute atomic E-state index is 13.6. The number of ether oxygens (including phenoxy) is 2. The smallest absolute Gasteiger partial charge is 0.272 e. The van der Waals surface area contributed by atoms with Crippen LogP contribution in [0.25, 0.3) is 5.69 Å². The van der Waals surface area contributed by atoms with Gasteiger partial charge in [-0.25, -0.2) is 13.5 Å². The van der Waals surface area contributed by atoms with Crippen molar-refractivity contribution in [1.82, 2.24) is 15.1 Å². The number of halogens is 2. The van der Waals surface area contributed by atoms with Crippen LogP contribution in [0.1, 0.15) is 28.2 Å². The molecule has 1 aromatic carbocycles. The van der Waals surface area contributed by atoms with E-state index in [9.17, 15) is 13.6 Å². The lowest BCUT2D eigenvalue weighted by Gasteiger charge is -2.22. The molecule has 138 valence electrons. The number of carbonyl (C=O) groups is 1. The number of nitrogens with one attached hydrogen (secondary N) is 1. The van der Waals surface area contributed by atoms with Crippen molar-refractivity contribution in [3.05, 3.63) is 46.8 Å². The minimum absolute atomic E-state index is 0.172. The van der Waals surface area contributed by atoms with E-state index >= 15 is 0 Å². The van der Waals surface area contributed by atoms with Crippen molar-refractivity contribution in [2.24, 2.45) is 0 Å². The number of benzene rings is 1. The number of amides is 1. The first-order valence-electron chi connectivity index (χ1n) is 8.67. The summed E-state index contributed by atoms with van der Waals surface area (Å²) in [5.74, 6) is -2.14. The maximum Gasteiger partial charge on any atom is 0.272 e. The van der Waals surface area contributed by atoms with Crippen molar-refractivity contribution in [3.63, 3.8) is 0 Å². The largest absolute Gasteiger partial charge is 0.376 e. The fourth-order valence-electron chi connectivity index (χ4n) is 3.39. The minimum atomic E-state index is -0.940. The third kappa shape index (κ3) is 3.22. The summed E-state index contributed by atoms with van der Waals surface area (Å²) in [7, 11) is 0. The highest BCUT2D eigenvalue weighted by Crippen LogP contribution is 2.28. The first kappa shape index (κ1) is 17.1. The molecular weight excluding hydrogens is 344 g/mol. The third-order valence-corrected chi connectivity index (χ3v) is 4.67. The summed E-state index contributed by atoms with van der Waals surface area (Å²) < 4.78 is 39.2. The summed E-state index contributed by atoms with van der Waals surface area (Å²) in [4.78, 5) is 12.6. The van der Waals surface area contributed by atoms with Gasteiger partial charge in [0, 0.05) is 23.9 Å². The second-order valence-electron chi connectivity index (χ2n) is 6.42. The van der Waals surface area contributed by atoms with Gasteiger partial charge in [-0.2, -0.15) is 5.10 Å². The van der Waals surface area contributed by atoms with Crippen LogP contribution in [0.15, 0.2) is 18.2 Å². The molecule has 0 saturated carbocycles. The standard InChI is InChI=1S/C18H19F2N3O3/c19-14-5-4-11(8-15(14)20)23-16-3-1-2-13(16)17(22-23)18(24)21-9-12-10-25-6-7-26-12/h4-5,8,12H,1-3,6-7,9-10H2,(H,21,24)/t12-/m0/s1. The van der Waals surface area contributed by atoms with Gasteiger partial charge in [-0.3, -0.25) is 4.79 Å². The van der Waals surface area contributed by atoms with Gasteiger partial charge in [0.1, 0.15) is 0 Å². The number of carbonyl (C=O) groups excluding carboxylic acids is 1. The lowest BCUT2D eigenvalue weighted by atomic mass is 10.2. The van der Waals surface area contributed by atoms with Gasteiger partial charge in [0.25, 0.3) is 5.91 Å². The Morgan fingerprint density at radius 2 is 2.15 bits per heavy atom. The van der Waals surface area contributed by atoms with Gasteiger partial charge in [0.2, 0.25) is 0 Å². The van der Waals surface area contributed by atoms with Crippen LogP contribution < -0.4 is 5.32 Å². The molecule has 1 N–H and O–H groups in total. The fourth-order valence-corrected chi connectivity index (χ4v) is 3.39. The molecule has 2 heterocycles. The SMILES string of the molecule is O=C(NC[C@H]1COCCO1)c1nn(-c2ccc(F)c(F)c2)c2c1CCC2. The van der Waals surface area contributed by atoms with Crippen molar-refractivity contribution >= 4 is 5.91 Å². The number of nitrogens with zero attached hydrogens (tertiary/aromatic N) is 2. The molecule has 1 aliphatic carbocycles. The fraction of sp³-hybridized carbons (Fsp3) is 0.444. The van der Waals surface area contributed by atoms with E-state index in [1.54, 1.807) is 4.68 Å². The van der Waals surface area contributed by atoms with E-state index in [2.05, 4.69) is 10.4 Å². The van der Waals surface area contributed by atoms with Crippen LogP contribution in [0.2, 0.25) is 0 Å². The van der Waals surface area contributed by atoms with Crippen molar-refractivity contribution in [3.8, 4) is 5.69 Å². The van der Waals surface area contributed by atoms with Crippen LogP contribution in [0.4, 0.5) is 8.78 Å². The maximum atomic E-state index is 13.6. The van der Waals surface area contributed by atoms with Gasteiger partial charge >= 0.3 is 0 Å². The normalized spacial score (nSPS) is 19.4. The minimum Gasteiger partial charge on any atom is -0.376 e. The lowest BCUT2D eigenvalue weighted by Crippen LogP contribution is -2.40. The molecule has 1 aromatic heterocycles. The van der Waals surface area contributed by atoms with Crippen LogP contribution in [0.5, 0.6) is 0 Å². The number of hydrogen-bond acceptors (Lipinski definition) is 4. The molecule has 2 aromatic rings. The Labute approximate surface area is 149 Å². The van der Waals surface area contributed by atoms with Crippen LogP contribution in [0.3, 0.4) is 0 Å². The van der Waals surface area contributed by atoms with Crippen molar-refractivity contribution in [2.75, 3.05) is 26.4 Å². The molecule has 1 aliphatic heterocycles. The number of hydrogen-bond donors (Lipinski definition) is 1. The van der Waals surface area contributed by atoms with E-state index in [0.29, 0.717) is 37.7 Å². The van der Waals surface area contributed by atoms with E-state index in [1.807, 2.05) is 0 Å². The predicted molar refractivity (Wildman–Crippen MR) is 88.4 cm³/mol. The van der Waals surface area contributed by atoms with Crippen LogP contribution in [-0.2, 0) is 22.3 Å². The summed E-state index contributed by atoms with van der Waals surface area (Å²) in [6, 6.07) is 3.61. The highest BCUT2D eigenvalue weighted by atomic mass is 19.2. The summed E-state index contributed by atoms with van der Waals surface area (Å²) in [6.45, 7) is 1.87. The molecule has 8 heteroatoms. The second-order valence-corrected chi connectivity index (χ2v) is 6.42. The second kappa shape index (κ2) is 7.13. The molecule has 1 amide bonds. The molecule has 26 heavy (non-hydrogen) atoms. The number of rotatable bonds is 4. The van der Waals surface area contributed by atoms with Gasteiger partial charge in [-0.1, -0.05) is 0 Å². The highest BCUT2D eigenvalue weighted by molar-refractivity contribution is 5.94. The van der Waals surface area contributed by atoms with E-state index in [0.717, 1.165) is 42.7 Å². The topological polar surface area (TPSA) is 65.4 Å². The van der Waals surface area contributed by atoms with E-state index in [1.165, 1.54) is 6.07 Å². The van der Waals surface area contributed by atoms with E-state index < -0.39 is 11.6 Å². The Hall–Kier alpha value is -2.32. The Balaban J connectivity index is 1.57. The zero-order valence-corrected chi connectivity index (χ0v) is 14.1. The van der Waals surface area contributed by atoms with Crippen LogP contribution >= 0.6 is 0 Å². The molecule has 1 saturated heterocycles. The Morgan fingerprint density at radius 1 is 1.27 bits per heavy atom. The zero-order valence-electron chi connectivity index (χ0n) is 14.1. The summed E-state index contributed by atoms with van der Waals surface area (Å²) in [5.41, 5.74) is 2.48. The lowest BCUT2D eigenvalue weighted by molar-refractivity contribution is -0.0855. The molecular formula is C18H19F2N3O3. The predicted octanol–water partition coefficient (Wildman–Crippen LogP) is 1.78. The molecule has 0 unspecified atom stereocenters. The van der Waals surface area contributed by atoms with Gasteiger partial charge < -0.3 is 14.8 Å². The van der Waals surface area contributed by atoms with Crippen molar-refractivity contribution in [1.29, 1.82) is 0 Å². The first-order chi connectivity index (χ1) is 12.6. The molecule has 0 bridgehead atoms. The monoisotopic (exact) mass is 363 g/mol. The van der Waals surface area contributed by atoms with Crippen LogP contribution in [-0.4, -0.2) is 48.2 Å². The average Bonchev–Trinajstić information content (AvgIpc) is 3.25. The quantitative estimate of drug-likeness (QED) is 0.900. The Kier molecular flexibility index (Phi) is 4.69. The molecule has 0 spiro atoms. The van der Waals surface area contributed by atoms with E-state index in [-0.39, 0.29) is 12.0 Å². The molecule has 4 rings (SSSR count). The van der Waals surface area contributed by atoms with Crippen LogP contribution in [0, 0.1) is 11.6 Å². The van der Waals surface area contributed by atoms with Gasteiger partial charge in [-0.15, -0.1) is 0 Å². The van der Waals surface area contributed by atoms with E-state index in [4.69, 9.17) is 9.47 Å². The Bertz CT molecular complexity index is 831. The Morgan fingerprint density at radius 3 is 2.92 bits per heavy atom. The molecule has 1 fully saturated rings. The van der Waals surface area contributed by atoms with Crippen molar-refractivity contribution < 1.29 is 23.0 Å². The van der Waals surface area contributed by atoms with Gasteiger partial charge in [-0.05, 0) is 31.4 Å².